The third kappa shape index (κ3) is 9.65. The van der Waals surface area contributed by atoms with E-state index in [1.807, 2.05) is 74.6 Å². The van der Waals surface area contributed by atoms with E-state index in [1.165, 1.54) is 26.6 Å². The molecule has 0 aliphatic heterocycles. The molecule has 0 bridgehead atoms. The molecule has 3 aromatic heterocycles. The minimum Gasteiger partial charge on any atom is -0.501 e. The van der Waals surface area contributed by atoms with Gasteiger partial charge in [-0.1, -0.05) is 123 Å². The summed E-state index contributed by atoms with van der Waals surface area (Å²) in [7, 11) is 0. The van der Waals surface area contributed by atoms with Gasteiger partial charge in [0.25, 0.3) is 0 Å². The van der Waals surface area contributed by atoms with Crippen LogP contribution in [-0.4, -0.2) is 27.8 Å². The molecule has 1 radical (unpaired) electrons. The van der Waals surface area contributed by atoms with Gasteiger partial charge in [0.1, 0.15) is 5.58 Å². The van der Waals surface area contributed by atoms with Crippen LogP contribution in [-0.2, 0) is 20.1 Å². The number of fused-ring (bicyclic) bond motifs is 4. The molecule has 10 aromatic rings. The zero-order valence-electron chi connectivity index (χ0n) is 43.7. The Kier molecular flexibility index (Phi) is 12.5. The van der Waals surface area contributed by atoms with E-state index in [0.717, 1.165) is 78.0 Å². The van der Waals surface area contributed by atoms with E-state index >= 15 is 0 Å². The van der Waals surface area contributed by atoms with Gasteiger partial charge in [0.05, 0.1) is 22.4 Å². The maximum Gasteiger partial charge on any atom is 0.121 e. The first-order valence-corrected chi connectivity index (χ1v) is 30.3. The molecule has 0 N–H and O–H groups in total. The number of furan rings is 1. The molecular weight excluding hydrogens is 1060 g/mol. The van der Waals surface area contributed by atoms with Crippen molar-refractivity contribution in [2.75, 3.05) is 0 Å². The van der Waals surface area contributed by atoms with Crippen LogP contribution in [0.3, 0.4) is 0 Å². The zero-order chi connectivity index (χ0) is 49.7. The van der Waals surface area contributed by atoms with Crippen LogP contribution in [0.15, 0.2) is 162 Å². The number of para-hydroxylation sites is 2. The first-order valence-electron chi connectivity index (χ1n) is 25.0. The predicted octanol–water partition coefficient (Wildman–Crippen LogP) is 16.5. The zero-order valence-corrected chi connectivity index (χ0v) is 44.2. The summed E-state index contributed by atoms with van der Waals surface area (Å²) in [5, 5.41) is 1.99. The number of aromatic nitrogens is 3. The van der Waals surface area contributed by atoms with Crippen LogP contribution in [0.2, 0.25) is 17.3 Å². The maximum absolute atomic E-state index is 8.44. The van der Waals surface area contributed by atoms with Gasteiger partial charge in [0, 0.05) is 35.3 Å². The first-order chi connectivity index (χ1) is 33.3. The number of hydrogen-bond acceptors (Lipinski definition) is 3. The van der Waals surface area contributed by atoms with E-state index in [1.54, 1.807) is 12.1 Å². The summed E-state index contributed by atoms with van der Waals surface area (Å²) in [4.78, 5) is 9.90. The molecule has 4 nitrogen and oxygen atoms in total. The molecule has 3 heterocycles. The molecule has 67 heavy (non-hydrogen) atoms. The van der Waals surface area contributed by atoms with E-state index in [-0.39, 0.29) is 31.9 Å². The Balaban J connectivity index is 0.000000271. The molecule has 0 fully saturated rings. The van der Waals surface area contributed by atoms with Crippen molar-refractivity contribution in [2.45, 2.75) is 83.4 Å². The average molecular weight is 1120 g/mol. The number of nitrogens with zero attached hydrogens (tertiary/aromatic N) is 3. The minimum absolute atomic E-state index is 0. The number of rotatable bonds is 9. The molecule has 0 aliphatic rings. The van der Waals surface area contributed by atoms with Crippen LogP contribution in [0.1, 0.15) is 87.0 Å². The van der Waals surface area contributed by atoms with Gasteiger partial charge in [-0.2, -0.15) is 0 Å². The van der Waals surface area contributed by atoms with Crippen LogP contribution in [0.4, 0.5) is 0 Å². The van der Waals surface area contributed by atoms with Crippen LogP contribution in [0.5, 0.6) is 0 Å². The van der Waals surface area contributed by atoms with Crippen molar-refractivity contribution in [3.05, 3.63) is 192 Å². The van der Waals surface area contributed by atoms with Gasteiger partial charge in [0.15, 0.2) is 0 Å². The van der Waals surface area contributed by atoms with Gasteiger partial charge >= 0.3 is 120 Å². The Labute approximate surface area is 418 Å². The topological polar surface area (TPSA) is 43.9 Å². The summed E-state index contributed by atoms with van der Waals surface area (Å²) in [5.41, 5.74) is 15.5. The SMILES string of the molecule is [2H]C(C)(C)c1cc(-c2[c-]cccc2)nc[c]1[Ge]([CH3])([CH3])[CH3].[2H]C([2H])([2H])c1ccc(-c2ccc3c(c2)oc2c(-c4nc5ccccc5n4-c4c(C(C)C)cc(-c5ccccc5)cc4C(C)C)[c-]ccc23)cc1.[Ir]. The smallest absolute Gasteiger partial charge is 0.121 e. The number of pyridine rings is 1. The fourth-order valence-electron chi connectivity index (χ4n) is 8.95. The molecule has 0 atom stereocenters. The average Bonchev–Trinajstić information content (AvgIpc) is 3.92. The van der Waals surface area contributed by atoms with Crippen LogP contribution in [0.25, 0.3) is 83.6 Å². The molecule has 0 aliphatic carbocycles. The van der Waals surface area contributed by atoms with E-state index < -0.39 is 26.0 Å². The van der Waals surface area contributed by atoms with Crippen molar-refractivity contribution < 1.29 is 30.0 Å². The maximum atomic E-state index is 8.44. The van der Waals surface area contributed by atoms with Crippen molar-refractivity contribution in [3.63, 3.8) is 0 Å². The second kappa shape index (κ2) is 19.8. The number of benzene rings is 7. The summed E-state index contributed by atoms with van der Waals surface area (Å²) in [6.45, 7) is 10.8. The quantitative estimate of drug-likeness (QED) is 0.107. The second-order valence-electron chi connectivity index (χ2n) is 19.1. The third-order valence-corrected chi connectivity index (χ3v) is 16.6. The van der Waals surface area contributed by atoms with Crippen molar-refractivity contribution in [1.29, 1.82) is 0 Å². The Bertz CT molecular complexity index is 3470. The van der Waals surface area contributed by atoms with Crippen LogP contribution >= 0.6 is 0 Å². The predicted molar refractivity (Wildman–Crippen MR) is 282 cm³/mol. The largest absolute Gasteiger partial charge is 0.501 e. The van der Waals surface area contributed by atoms with Gasteiger partial charge in [-0.3, -0.25) is 4.98 Å². The Morgan fingerprint density at radius 1 is 0.642 bits per heavy atom. The molecule has 0 spiro atoms. The third-order valence-electron chi connectivity index (χ3n) is 12.4. The minimum atomic E-state index is -2.14. The molecular formula is C61H59GeIrN3O-2. The van der Waals surface area contributed by atoms with Crippen molar-refractivity contribution >= 4 is 50.6 Å². The van der Waals surface area contributed by atoms with Gasteiger partial charge in [-0.25, -0.2) is 0 Å². The van der Waals surface area contributed by atoms with Gasteiger partial charge in [-0.05, 0) is 82.4 Å². The Morgan fingerprint density at radius 3 is 1.97 bits per heavy atom. The second-order valence-corrected chi connectivity index (χ2v) is 29.6. The van der Waals surface area contributed by atoms with Gasteiger partial charge in [0.2, 0.25) is 0 Å². The summed E-state index contributed by atoms with van der Waals surface area (Å²) >= 11 is -2.03. The van der Waals surface area contributed by atoms with Crippen molar-refractivity contribution in [2.24, 2.45) is 0 Å². The number of hydrogen-bond donors (Lipinski definition) is 0. The first kappa shape index (κ1) is 42.5. The molecule has 0 saturated heterocycles. The van der Waals surface area contributed by atoms with Crippen LogP contribution < -0.4 is 4.40 Å². The fourth-order valence-corrected chi connectivity index (χ4v) is 12.3. The normalized spacial score (nSPS) is 12.9. The molecule has 0 saturated carbocycles. The monoisotopic (exact) mass is 1120 g/mol. The van der Waals surface area contributed by atoms with E-state index in [2.05, 4.69) is 152 Å². The molecule has 7 aromatic carbocycles. The Morgan fingerprint density at radius 2 is 1.31 bits per heavy atom. The fraction of sp³-hybridized carbons (Fsp3) is 0.213. The van der Waals surface area contributed by atoms with Crippen LogP contribution in [0, 0.1) is 19.0 Å². The molecule has 339 valence electrons. The van der Waals surface area contributed by atoms with Crippen molar-refractivity contribution in [3.8, 4) is 50.6 Å². The van der Waals surface area contributed by atoms with Crippen molar-refractivity contribution in [1.82, 2.24) is 14.5 Å². The number of aryl methyl sites for hydroxylation is 1. The number of imidazole rings is 1. The summed E-state index contributed by atoms with van der Waals surface area (Å²) in [6, 6.07) is 57.6. The van der Waals surface area contributed by atoms with E-state index in [0.29, 0.717) is 5.56 Å². The van der Waals surface area contributed by atoms with E-state index in [4.69, 9.17) is 14.9 Å². The summed E-state index contributed by atoms with van der Waals surface area (Å²) in [6.07, 6.45) is 2.00. The van der Waals surface area contributed by atoms with Gasteiger partial charge < -0.3 is 8.98 Å². The molecule has 10 rings (SSSR count). The molecule has 6 heteroatoms. The van der Waals surface area contributed by atoms with E-state index in [9.17, 15) is 0 Å². The molecule has 0 amide bonds. The molecule has 0 unspecified atom stereocenters. The summed E-state index contributed by atoms with van der Waals surface area (Å²) in [5.74, 6) is 7.73. The summed E-state index contributed by atoms with van der Waals surface area (Å²) < 4.78 is 42.0. The standard InChI is InChI=1S/C44H37N2O.C17H22GeN.Ir/c1-27(2)37-24-33(30-12-7-6-8-13-30)25-38(28(3)4)42(37)46-40-17-10-9-16-39(40)45-44(46)36-15-11-14-35-34-23-22-32(26-41(34)47-43(35)36)31-20-18-29(5)19-21-31;1-13(2)15-11-17(14-9-7-6-8-10-14)19-12-16(15)18(3,4)5;/h6-14,16-28H,1-5H3;6-9,11-13H,1-5H3;/q2*-1;/i5D3;13D;. The Hall–Kier alpha value is -5.85. The van der Waals surface area contributed by atoms with Gasteiger partial charge in [-0.15, -0.1) is 18.2 Å².